The first-order valence-electron chi connectivity index (χ1n) is 17.3. The van der Waals surface area contributed by atoms with Gasteiger partial charge < -0.3 is 4.74 Å². The van der Waals surface area contributed by atoms with Crippen molar-refractivity contribution >= 4 is 21.6 Å². The Labute approximate surface area is 261 Å². The Morgan fingerprint density at radius 2 is 1.07 bits per heavy atom. The highest BCUT2D eigenvalue weighted by Crippen LogP contribution is 2.33. The van der Waals surface area contributed by atoms with Crippen LogP contribution in [0.15, 0.2) is 29.4 Å². The van der Waals surface area contributed by atoms with Crippen molar-refractivity contribution in [2.45, 2.75) is 167 Å². The minimum Gasteiger partial charge on any atom is -0.494 e. The van der Waals surface area contributed by atoms with Crippen LogP contribution in [-0.4, -0.2) is 27.1 Å². The first-order valence-corrected chi connectivity index (χ1v) is 19.6. The number of rotatable bonds is 28. The summed E-state index contributed by atoms with van der Waals surface area (Å²) in [4.78, 5) is 0. The maximum atomic E-state index is 5.66. The van der Waals surface area contributed by atoms with Crippen LogP contribution in [0.1, 0.15) is 161 Å². The van der Waals surface area contributed by atoms with Crippen LogP contribution >= 0.6 is 21.6 Å². The third-order valence-corrected chi connectivity index (χ3v) is 10.1. The molecule has 0 aliphatic heterocycles. The fraction of sp³-hybridized carbons (Fsp3) is 0.771. The van der Waals surface area contributed by atoms with Crippen LogP contribution in [0.4, 0.5) is 0 Å². The molecule has 0 N–H and O–H groups in total. The highest BCUT2D eigenvalue weighted by atomic mass is 33.1. The summed E-state index contributed by atoms with van der Waals surface area (Å²) < 4.78 is 7.93. The Balaban J connectivity index is 1.60. The van der Waals surface area contributed by atoms with Crippen molar-refractivity contribution in [3.63, 3.8) is 0 Å². The predicted octanol–water partition coefficient (Wildman–Crippen LogP) is 12.2. The summed E-state index contributed by atoms with van der Waals surface area (Å²) in [5.74, 6) is 3.17. The first kappa shape index (κ1) is 36.1. The molecule has 0 saturated carbocycles. The van der Waals surface area contributed by atoms with Gasteiger partial charge in [0.1, 0.15) is 11.6 Å². The van der Waals surface area contributed by atoms with Crippen molar-refractivity contribution in [1.29, 1.82) is 0 Å². The van der Waals surface area contributed by atoms with Gasteiger partial charge in [-0.3, -0.25) is 4.57 Å². The van der Waals surface area contributed by atoms with Gasteiger partial charge in [-0.2, -0.15) is 0 Å². The third kappa shape index (κ3) is 16.9. The summed E-state index contributed by atoms with van der Waals surface area (Å²) in [5, 5.41) is 10.2. The van der Waals surface area contributed by atoms with E-state index in [1.54, 1.807) is 10.8 Å². The van der Waals surface area contributed by atoms with E-state index in [1.807, 2.05) is 17.7 Å². The molecule has 0 amide bonds. The van der Waals surface area contributed by atoms with E-state index >= 15 is 0 Å². The normalized spacial score (nSPS) is 11.4. The predicted molar refractivity (Wildman–Crippen MR) is 183 cm³/mol. The molecule has 234 valence electrons. The van der Waals surface area contributed by atoms with Gasteiger partial charge in [-0.15, -0.1) is 10.2 Å². The maximum Gasteiger partial charge on any atom is 0.206 e. The highest BCUT2D eigenvalue weighted by Gasteiger charge is 2.15. The minimum absolute atomic E-state index is 0.687. The molecule has 2 aromatic rings. The van der Waals surface area contributed by atoms with Gasteiger partial charge in [0.05, 0.1) is 6.61 Å². The highest BCUT2D eigenvalue weighted by molar-refractivity contribution is 8.76. The largest absolute Gasteiger partial charge is 0.494 e. The number of hydrogen-bond acceptors (Lipinski definition) is 5. The molecule has 1 aromatic carbocycles. The summed E-state index contributed by atoms with van der Waals surface area (Å²) in [6.45, 7) is 7.28. The minimum atomic E-state index is 0.687. The average Bonchev–Trinajstić information content (AvgIpc) is 3.39. The SMILES string of the molecule is CCCCCCCCCCCCCCCCCCSSc1nnc(CCCCCCC)n1-c1ccc(OCC)cc1. The van der Waals surface area contributed by atoms with Crippen LogP contribution in [0, 0.1) is 0 Å². The van der Waals surface area contributed by atoms with Crippen molar-refractivity contribution in [3.05, 3.63) is 30.1 Å². The van der Waals surface area contributed by atoms with Gasteiger partial charge in [-0.05, 0) is 54.8 Å². The molecule has 0 unspecified atom stereocenters. The van der Waals surface area contributed by atoms with Crippen LogP contribution in [0.25, 0.3) is 5.69 Å². The van der Waals surface area contributed by atoms with Crippen LogP contribution in [-0.2, 0) is 6.42 Å². The summed E-state index contributed by atoms with van der Waals surface area (Å²) in [5.41, 5.74) is 1.13. The lowest BCUT2D eigenvalue weighted by atomic mass is 10.0. The van der Waals surface area contributed by atoms with Gasteiger partial charge in [-0.25, -0.2) is 0 Å². The molecule has 0 radical (unpaired) electrons. The standard InChI is InChI=1S/C35H61N3OS2/c1-4-7-9-11-12-13-14-15-16-17-18-19-20-21-23-25-31-40-41-35-37-36-34(26-24-22-10-8-5-2)38(35)32-27-29-33(30-28-32)39-6-3/h27-30H,4-26,31H2,1-3H3. The molecule has 41 heavy (non-hydrogen) atoms. The molecule has 1 heterocycles. The Morgan fingerprint density at radius 1 is 0.585 bits per heavy atom. The van der Waals surface area contributed by atoms with E-state index < -0.39 is 0 Å². The fourth-order valence-electron chi connectivity index (χ4n) is 5.32. The number of aromatic nitrogens is 3. The van der Waals surface area contributed by atoms with Crippen LogP contribution in [0.3, 0.4) is 0 Å². The number of ether oxygens (including phenoxy) is 1. The summed E-state index contributed by atoms with van der Waals surface area (Å²) in [6, 6.07) is 8.39. The van der Waals surface area contributed by atoms with Gasteiger partial charge in [-0.1, -0.05) is 147 Å². The monoisotopic (exact) mass is 603 g/mol. The van der Waals surface area contributed by atoms with Crippen LogP contribution in [0.2, 0.25) is 0 Å². The molecule has 0 atom stereocenters. The Bertz CT molecular complexity index is 856. The van der Waals surface area contributed by atoms with Crippen LogP contribution < -0.4 is 4.74 Å². The second kappa shape index (κ2) is 25.4. The smallest absolute Gasteiger partial charge is 0.206 e. The molecule has 0 saturated heterocycles. The van der Waals surface area contributed by atoms with E-state index in [2.05, 4.69) is 52.9 Å². The van der Waals surface area contributed by atoms with Crippen molar-refractivity contribution in [1.82, 2.24) is 14.8 Å². The summed E-state index contributed by atoms with van der Waals surface area (Å²) in [6.07, 6.45) is 30.0. The number of nitrogens with zero attached hydrogens (tertiary/aromatic N) is 3. The van der Waals surface area contributed by atoms with Crippen molar-refractivity contribution in [2.75, 3.05) is 12.4 Å². The first-order chi connectivity index (χ1) is 20.3. The van der Waals surface area contributed by atoms with E-state index in [1.165, 1.54) is 141 Å². The maximum absolute atomic E-state index is 5.66. The molecule has 2 rings (SSSR count). The third-order valence-electron chi connectivity index (χ3n) is 7.82. The molecule has 0 fully saturated rings. The average molecular weight is 604 g/mol. The lowest BCUT2D eigenvalue weighted by Gasteiger charge is -2.11. The number of aryl methyl sites for hydroxylation is 1. The quantitative estimate of drug-likeness (QED) is 0.0714. The molecule has 0 spiro atoms. The molecular formula is C35H61N3OS2. The topological polar surface area (TPSA) is 39.9 Å². The van der Waals surface area contributed by atoms with E-state index in [-0.39, 0.29) is 0 Å². The fourth-order valence-corrected chi connectivity index (χ4v) is 7.44. The van der Waals surface area contributed by atoms with Gasteiger partial charge >= 0.3 is 0 Å². The number of benzene rings is 1. The molecule has 0 aliphatic carbocycles. The Morgan fingerprint density at radius 3 is 1.59 bits per heavy atom. The van der Waals surface area contributed by atoms with E-state index in [0.717, 1.165) is 28.8 Å². The molecule has 0 aliphatic rings. The lowest BCUT2D eigenvalue weighted by molar-refractivity contribution is 0.340. The Kier molecular flexibility index (Phi) is 22.3. The molecular weight excluding hydrogens is 543 g/mol. The van der Waals surface area contributed by atoms with E-state index in [9.17, 15) is 0 Å². The summed E-state index contributed by atoms with van der Waals surface area (Å²) in [7, 11) is 3.72. The van der Waals surface area contributed by atoms with Gasteiger partial charge in [0.15, 0.2) is 0 Å². The van der Waals surface area contributed by atoms with Crippen molar-refractivity contribution < 1.29 is 4.74 Å². The van der Waals surface area contributed by atoms with Gasteiger partial charge in [0.25, 0.3) is 0 Å². The van der Waals surface area contributed by atoms with Gasteiger partial charge in [0.2, 0.25) is 5.16 Å². The van der Waals surface area contributed by atoms with Crippen molar-refractivity contribution in [2.24, 2.45) is 0 Å². The summed E-state index contributed by atoms with van der Waals surface area (Å²) >= 11 is 0. The second-order valence-corrected chi connectivity index (χ2v) is 13.9. The molecule has 6 heteroatoms. The number of hydrogen-bond donors (Lipinski definition) is 0. The molecule has 1 aromatic heterocycles. The van der Waals surface area contributed by atoms with Crippen LogP contribution in [0.5, 0.6) is 5.75 Å². The van der Waals surface area contributed by atoms with E-state index in [4.69, 9.17) is 4.74 Å². The zero-order valence-corrected chi connectivity index (χ0v) is 28.5. The molecule has 0 bridgehead atoms. The van der Waals surface area contributed by atoms with E-state index in [0.29, 0.717) is 6.61 Å². The second-order valence-electron chi connectivity index (χ2n) is 11.5. The Hall–Kier alpha value is -1.14. The number of unbranched alkanes of at least 4 members (excludes halogenated alkanes) is 19. The zero-order chi connectivity index (χ0) is 29.2. The lowest BCUT2D eigenvalue weighted by Crippen LogP contribution is -2.03. The van der Waals surface area contributed by atoms with Crippen molar-refractivity contribution in [3.8, 4) is 11.4 Å². The van der Waals surface area contributed by atoms with Gasteiger partial charge in [0, 0.05) is 17.9 Å². The zero-order valence-electron chi connectivity index (χ0n) is 26.8. The molecule has 4 nitrogen and oxygen atoms in total.